The minimum absolute atomic E-state index is 0.209. The van der Waals surface area contributed by atoms with Crippen molar-refractivity contribution >= 4 is 23.4 Å². The number of benzene rings is 1. The monoisotopic (exact) mass is 299 g/mol. The molecule has 1 aromatic rings. The van der Waals surface area contributed by atoms with Gasteiger partial charge < -0.3 is 15.7 Å². The Morgan fingerprint density at radius 3 is 2.67 bits per heavy atom. The van der Waals surface area contributed by atoms with Gasteiger partial charge in [-0.05, 0) is 12.5 Å². The van der Waals surface area contributed by atoms with E-state index in [9.17, 15) is 24.1 Å². The highest BCUT2D eigenvalue weighted by molar-refractivity contribution is 5.92. The molecular weight excluding hydrogens is 285 g/mol. The van der Waals surface area contributed by atoms with E-state index in [-0.39, 0.29) is 6.42 Å². The molecule has 0 aliphatic heterocycles. The fourth-order valence-corrected chi connectivity index (χ4v) is 1.59. The molecule has 1 rings (SSSR count). The molecule has 8 nitrogen and oxygen atoms in total. The molecule has 1 aromatic carbocycles. The molecule has 3 N–H and O–H groups in total. The van der Waals surface area contributed by atoms with Crippen LogP contribution in [0.15, 0.2) is 18.2 Å². The van der Waals surface area contributed by atoms with Crippen LogP contribution in [-0.4, -0.2) is 28.1 Å². The molecule has 1 atom stereocenters. The summed E-state index contributed by atoms with van der Waals surface area (Å²) in [5, 5.41) is 23.7. The van der Waals surface area contributed by atoms with Gasteiger partial charge in [0.25, 0.3) is 5.69 Å². The van der Waals surface area contributed by atoms with Gasteiger partial charge in [-0.2, -0.15) is 0 Å². The molecule has 0 heterocycles. The summed E-state index contributed by atoms with van der Waals surface area (Å²) in [6.45, 7) is 1.75. The first kappa shape index (κ1) is 16.3. The Morgan fingerprint density at radius 1 is 1.48 bits per heavy atom. The van der Waals surface area contributed by atoms with Crippen LogP contribution < -0.4 is 10.6 Å². The quantitative estimate of drug-likeness (QED) is 0.548. The number of non-ortho nitro benzene ring substituents is 1. The fourth-order valence-electron chi connectivity index (χ4n) is 1.59. The first-order valence-electron chi connectivity index (χ1n) is 6.09. The van der Waals surface area contributed by atoms with Gasteiger partial charge >= 0.3 is 12.0 Å². The molecule has 21 heavy (non-hydrogen) atoms. The summed E-state index contributed by atoms with van der Waals surface area (Å²) in [5.41, 5.74) is -0.794. The van der Waals surface area contributed by atoms with Crippen LogP contribution in [0.3, 0.4) is 0 Å². The van der Waals surface area contributed by atoms with Gasteiger partial charge in [0.05, 0.1) is 10.6 Å². The average molecular weight is 299 g/mol. The van der Waals surface area contributed by atoms with Crippen LogP contribution in [0.2, 0.25) is 0 Å². The molecule has 1 unspecified atom stereocenters. The maximum Gasteiger partial charge on any atom is 0.326 e. The molecule has 0 aromatic heterocycles. The Kier molecular flexibility index (Phi) is 5.58. The molecule has 0 saturated heterocycles. The van der Waals surface area contributed by atoms with Gasteiger partial charge in [-0.25, -0.2) is 14.0 Å². The van der Waals surface area contributed by atoms with E-state index >= 15 is 0 Å². The van der Waals surface area contributed by atoms with Crippen molar-refractivity contribution in [3.8, 4) is 0 Å². The highest BCUT2D eigenvalue weighted by Crippen LogP contribution is 2.21. The van der Waals surface area contributed by atoms with E-state index in [0.29, 0.717) is 6.42 Å². The third-order valence-electron chi connectivity index (χ3n) is 2.59. The Bertz CT molecular complexity index is 564. The Labute approximate surface area is 119 Å². The third kappa shape index (κ3) is 4.71. The van der Waals surface area contributed by atoms with Crippen LogP contribution in [0.5, 0.6) is 0 Å². The molecule has 0 aliphatic carbocycles. The second-order valence-corrected chi connectivity index (χ2v) is 4.20. The van der Waals surface area contributed by atoms with Gasteiger partial charge in [-0.3, -0.25) is 10.1 Å². The zero-order valence-electron chi connectivity index (χ0n) is 11.1. The van der Waals surface area contributed by atoms with Crippen molar-refractivity contribution in [3.05, 3.63) is 34.1 Å². The molecule has 0 saturated carbocycles. The molecule has 0 aliphatic rings. The first-order chi connectivity index (χ1) is 9.85. The number of anilines is 1. The number of nitrogens with one attached hydrogen (secondary N) is 2. The van der Waals surface area contributed by atoms with Gasteiger partial charge in [-0.1, -0.05) is 13.3 Å². The number of nitro benzene ring substituents is 1. The van der Waals surface area contributed by atoms with E-state index in [2.05, 4.69) is 10.6 Å². The number of carbonyl (C=O) groups excluding carboxylic acids is 1. The SMILES string of the molecule is CCCC(NC(=O)Nc1cc([N+](=O)[O-])ccc1F)C(=O)O. The lowest BCUT2D eigenvalue weighted by atomic mass is 10.2. The molecular formula is C12H14FN3O5. The highest BCUT2D eigenvalue weighted by Gasteiger charge is 2.20. The van der Waals surface area contributed by atoms with Crippen LogP contribution >= 0.6 is 0 Å². The summed E-state index contributed by atoms with van der Waals surface area (Å²) in [5.74, 6) is -2.08. The van der Waals surface area contributed by atoms with Gasteiger partial charge in [0.15, 0.2) is 0 Å². The Morgan fingerprint density at radius 2 is 2.14 bits per heavy atom. The van der Waals surface area contributed by atoms with Gasteiger partial charge in [0, 0.05) is 12.1 Å². The van der Waals surface area contributed by atoms with Crippen molar-refractivity contribution in [2.24, 2.45) is 0 Å². The maximum atomic E-state index is 13.5. The normalized spacial score (nSPS) is 11.5. The first-order valence-corrected chi connectivity index (χ1v) is 6.09. The molecule has 0 radical (unpaired) electrons. The number of amides is 2. The Hall–Kier alpha value is -2.71. The lowest BCUT2D eigenvalue weighted by Gasteiger charge is -2.14. The number of carboxylic acid groups (broad SMARTS) is 1. The molecule has 0 fully saturated rings. The Balaban J connectivity index is 2.80. The summed E-state index contributed by atoms with van der Waals surface area (Å²) in [7, 11) is 0. The summed E-state index contributed by atoms with van der Waals surface area (Å²) >= 11 is 0. The summed E-state index contributed by atoms with van der Waals surface area (Å²) < 4.78 is 13.5. The summed E-state index contributed by atoms with van der Waals surface area (Å²) in [4.78, 5) is 32.3. The minimum Gasteiger partial charge on any atom is -0.480 e. The third-order valence-corrected chi connectivity index (χ3v) is 2.59. The van der Waals surface area contributed by atoms with E-state index < -0.39 is 40.2 Å². The van der Waals surface area contributed by atoms with E-state index in [1.54, 1.807) is 6.92 Å². The maximum absolute atomic E-state index is 13.5. The summed E-state index contributed by atoms with van der Waals surface area (Å²) in [6, 6.07) is 0.584. The van der Waals surface area contributed by atoms with Crippen LogP contribution in [0, 0.1) is 15.9 Å². The fraction of sp³-hybridized carbons (Fsp3) is 0.333. The van der Waals surface area contributed by atoms with E-state index in [0.717, 1.165) is 18.2 Å². The molecule has 0 bridgehead atoms. The zero-order valence-corrected chi connectivity index (χ0v) is 11.1. The average Bonchev–Trinajstić information content (AvgIpc) is 2.40. The second-order valence-electron chi connectivity index (χ2n) is 4.20. The predicted molar refractivity (Wildman–Crippen MR) is 71.5 cm³/mol. The van der Waals surface area contributed by atoms with E-state index in [1.165, 1.54) is 0 Å². The molecule has 9 heteroatoms. The number of urea groups is 1. The number of hydrogen-bond acceptors (Lipinski definition) is 4. The molecule has 114 valence electrons. The number of aliphatic carboxylic acids is 1. The van der Waals surface area contributed by atoms with Gasteiger partial charge in [0.1, 0.15) is 11.9 Å². The van der Waals surface area contributed by atoms with Crippen molar-refractivity contribution < 1.29 is 24.0 Å². The number of halogens is 1. The van der Waals surface area contributed by atoms with Crippen molar-refractivity contribution in [2.75, 3.05) is 5.32 Å². The smallest absolute Gasteiger partial charge is 0.326 e. The van der Waals surface area contributed by atoms with Crippen molar-refractivity contribution in [1.82, 2.24) is 5.32 Å². The minimum atomic E-state index is -1.22. The van der Waals surface area contributed by atoms with Crippen molar-refractivity contribution in [1.29, 1.82) is 0 Å². The van der Waals surface area contributed by atoms with E-state index in [4.69, 9.17) is 5.11 Å². The lowest BCUT2D eigenvalue weighted by molar-refractivity contribution is -0.384. The topological polar surface area (TPSA) is 122 Å². The second kappa shape index (κ2) is 7.17. The number of hydrogen-bond donors (Lipinski definition) is 3. The number of nitrogens with zero attached hydrogens (tertiary/aromatic N) is 1. The van der Waals surface area contributed by atoms with Crippen LogP contribution in [0.25, 0.3) is 0 Å². The van der Waals surface area contributed by atoms with Crippen molar-refractivity contribution in [2.45, 2.75) is 25.8 Å². The number of rotatable bonds is 6. The summed E-state index contributed by atoms with van der Waals surface area (Å²) in [6.07, 6.45) is 0.739. The largest absolute Gasteiger partial charge is 0.480 e. The molecule has 2 amide bonds. The number of carbonyl (C=O) groups is 2. The highest BCUT2D eigenvalue weighted by atomic mass is 19.1. The predicted octanol–water partition coefficient (Wildman–Crippen LogP) is 2.11. The number of nitro groups is 1. The van der Waals surface area contributed by atoms with Gasteiger partial charge in [-0.15, -0.1) is 0 Å². The van der Waals surface area contributed by atoms with Crippen LogP contribution in [0.1, 0.15) is 19.8 Å². The standard InChI is InChI=1S/C12H14FN3O5/c1-2-3-9(11(17)18)14-12(19)15-10-6-7(16(20)21)4-5-8(10)13/h4-6,9H,2-3H2,1H3,(H,17,18)(H2,14,15,19). The van der Waals surface area contributed by atoms with Crippen molar-refractivity contribution in [3.63, 3.8) is 0 Å². The van der Waals surface area contributed by atoms with Crippen LogP contribution in [-0.2, 0) is 4.79 Å². The number of carboxylic acids is 1. The van der Waals surface area contributed by atoms with Gasteiger partial charge in [0.2, 0.25) is 0 Å². The lowest BCUT2D eigenvalue weighted by Crippen LogP contribution is -2.43. The zero-order chi connectivity index (χ0) is 16.0. The van der Waals surface area contributed by atoms with E-state index in [1.807, 2.05) is 0 Å². The molecule has 0 spiro atoms. The van der Waals surface area contributed by atoms with Crippen LogP contribution in [0.4, 0.5) is 20.6 Å².